The average Bonchev–Trinajstić information content (AvgIpc) is 2.90. The van der Waals surface area contributed by atoms with Gasteiger partial charge in [-0.15, -0.1) is 0 Å². The van der Waals surface area contributed by atoms with Gasteiger partial charge in [0.2, 0.25) is 5.91 Å². The van der Waals surface area contributed by atoms with E-state index in [1.165, 1.54) is 12.1 Å². The first-order valence-corrected chi connectivity index (χ1v) is 6.99. The molecule has 0 saturated carbocycles. The van der Waals surface area contributed by atoms with Gasteiger partial charge in [-0.25, -0.2) is 0 Å². The molecule has 0 fully saturated rings. The largest absolute Gasteiger partial charge is 0.416 e. The summed E-state index contributed by atoms with van der Waals surface area (Å²) in [5.41, 5.74) is -0.0146. The summed E-state index contributed by atoms with van der Waals surface area (Å²) >= 11 is 0. The number of halogens is 3. The van der Waals surface area contributed by atoms with Crippen LogP contribution in [0.15, 0.2) is 36.4 Å². The van der Waals surface area contributed by atoms with Gasteiger partial charge in [-0.2, -0.15) is 13.2 Å². The Bertz CT molecular complexity index is 519. The summed E-state index contributed by atoms with van der Waals surface area (Å²) in [5.74, 6) is 0.212. The second-order valence-corrected chi connectivity index (χ2v) is 5.38. The molecule has 114 valence electrons. The second-order valence-electron chi connectivity index (χ2n) is 5.38. The molecule has 2 rings (SSSR count). The number of carbonyl (C=O) groups is 1. The summed E-state index contributed by atoms with van der Waals surface area (Å²) in [6.45, 7) is 1.77. The van der Waals surface area contributed by atoms with Gasteiger partial charge in [0.05, 0.1) is 11.6 Å². The Kier molecular flexibility index (Phi) is 4.70. The van der Waals surface area contributed by atoms with Crippen LogP contribution in [0.1, 0.15) is 43.4 Å². The highest BCUT2D eigenvalue weighted by atomic mass is 19.4. The molecular formula is C16H18F3NO. The molecule has 1 amide bonds. The van der Waals surface area contributed by atoms with Gasteiger partial charge in [-0.1, -0.05) is 24.3 Å². The molecule has 0 heterocycles. The molecule has 0 unspecified atom stereocenters. The van der Waals surface area contributed by atoms with Crippen molar-refractivity contribution >= 4 is 5.91 Å². The van der Waals surface area contributed by atoms with Gasteiger partial charge in [-0.3, -0.25) is 4.79 Å². The van der Waals surface area contributed by atoms with Gasteiger partial charge in [0.15, 0.2) is 0 Å². The lowest BCUT2D eigenvalue weighted by Gasteiger charge is -2.16. The van der Waals surface area contributed by atoms with E-state index >= 15 is 0 Å². The molecule has 0 saturated heterocycles. The van der Waals surface area contributed by atoms with Crippen molar-refractivity contribution in [2.24, 2.45) is 5.92 Å². The zero-order valence-corrected chi connectivity index (χ0v) is 11.8. The molecule has 2 nitrogen and oxygen atoms in total. The zero-order chi connectivity index (χ0) is 15.5. The molecule has 21 heavy (non-hydrogen) atoms. The van der Waals surface area contributed by atoms with Crippen molar-refractivity contribution in [2.75, 3.05) is 0 Å². The Labute approximate surface area is 122 Å². The van der Waals surface area contributed by atoms with Crippen molar-refractivity contribution in [2.45, 2.75) is 38.4 Å². The van der Waals surface area contributed by atoms with Crippen LogP contribution in [0.2, 0.25) is 0 Å². The number of amides is 1. The van der Waals surface area contributed by atoms with E-state index in [0.29, 0.717) is 12.0 Å². The van der Waals surface area contributed by atoms with E-state index in [1.807, 2.05) is 6.08 Å². The number of nitrogens with one attached hydrogen (secondary N) is 1. The molecule has 2 atom stereocenters. The van der Waals surface area contributed by atoms with Crippen LogP contribution < -0.4 is 5.32 Å². The SMILES string of the molecule is C[C@H](NC(=O)C[C@H]1C=CCC1)c1ccc(C(F)(F)F)cc1. The van der Waals surface area contributed by atoms with Crippen LogP contribution in [0.4, 0.5) is 13.2 Å². The summed E-state index contributed by atoms with van der Waals surface area (Å²) in [5, 5.41) is 2.83. The fourth-order valence-corrected chi connectivity index (χ4v) is 2.45. The third kappa shape index (κ3) is 4.34. The normalized spacial score (nSPS) is 19.5. The van der Waals surface area contributed by atoms with E-state index in [9.17, 15) is 18.0 Å². The number of allylic oxidation sites excluding steroid dienone is 2. The van der Waals surface area contributed by atoms with Crippen molar-refractivity contribution < 1.29 is 18.0 Å². The monoisotopic (exact) mass is 297 g/mol. The van der Waals surface area contributed by atoms with Gasteiger partial charge >= 0.3 is 6.18 Å². The van der Waals surface area contributed by atoms with Crippen LogP contribution in [0.5, 0.6) is 0 Å². The van der Waals surface area contributed by atoms with E-state index in [4.69, 9.17) is 0 Å². The average molecular weight is 297 g/mol. The van der Waals surface area contributed by atoms with Crippen LogP contribution >= 0.6 is 0 Å². The lowest BCUT2D eigenvalue weighted by molar-refractivity contribution is -0.137. The lowest BCUT2D eigenvalue weighted by atomic mass is 10.0. The summed E-state index contributed by atoms with van der Waals surface area (Å²) < 4.78 is 37.4. The predicted octanol–water partition coefficient (Wildman–Crippen LogP) is 4.24. The van der Waals surface area contributed by atoms with E-state index in [0.717, 1.165) is 25.0 Å². The number of benzene rings is 1. The van der Waals surface area contributed by atoms with Crippen LogP contribution in [0.25, 0.3) is 0 Å². The molecule has 1 aromatic rings. The third-order valence-corrected chi connectivity index (χ3v) is 3.68. The first-order valence-electron chi connectivity index (χ1n) is 6.99. The molecule has 0 spiro atoms. The Balaban J connectivity index is 1.91. The fourth-order valence-electron chi connectivity index (χ4n) is 2.45. The number of hydrogen-bond acceptors (Lipinski definition) is 1. The maximum absolute atomic E-state index is 12.5. The number of hydrogen-bond donors (Lipinski definition) is 1. The maximum Gasteiger partial charge on any atom is 0.416 e. The van der Waals surface area contributed by atoms with Crippen molar-refractivity contribution in [3.8, 4) is 0 Å². The summed E-state index contributed by atoms with van der Waals surface area (Å²) in [6.07, 6.45) is 2.20. The Morgan fingerprint density at radius 1 is 1.33 bits per heavy atom. The summed E-state index contributed by atoms with van der Waals surface area (Å²) in [4.78, 5) is 11.9. The molecule has 1 N–H and O–H groups in total. The Morgan fingerprint density at radius 3 is 2.52 bits per heavy atom. The highest BCUT2D eigenvalue weighted by molar-refractivity contribution is 5.77. The fraction of sp³-hybridized carbons (Fsp3) is 0.438. The van der Waals surface area contributed by atoms with E-state index in [2.05, 4.69) is 11.4 Å². The minimum atomic E-state index is -4.33. The maximum atomic E-state index is 12.5. The van der Waals surface area contributed by atoms with Crippen molar-refractivity contribution in [3.05, 3.63) is 47.5 Å². The summed E-state index contributed by atoms with van der Waals surface area (Å²) in [7, 11) is 0. The molecule has 0 bridgehead atoms. The molecular weight excluding hydrogens is 279 g/mol. The molecule has 0 radical (unpaired) electrons. The minimum Gasteiger partial charge on any atom is -0.350 e. The topological polar surface area (TPSA) is 29.1 Å². The number of alkyl halides is 3. The smallest absolute Gasteiger partial charge is 0.350 e. The molecule has 1 aliphatic rings. The molecule has 0 aliphatic heterocycles. The van der Waals surface area contributed by atoms with Gasteiger partial charge < -0.3 is 5.32 Å². The quantitative estimate of drug-likeness (QED) is 0.828. The van der Waals surface area contributed by atoms with Crippen LogP contribution in [0, 0.1) is 5.92 Å². The molecule has 1 aliphatic carbocycles. The Morgan fingerprint density at radius 2 is 2.00 bits per heavy atom. The van der Waals surface area contributed by atoms with E-state index in [1.54, 1.807) is 6.92 Å². The first kappa shape index (κ1) is 15.6. The van der Waals surface area contributed by atoms with Gasteiger partial charge in [0.1, 0.15) is 0 Å². The predicted molar refractivity (Wildman–Crippen MR) is 74.5 cm³/mol. The van der Waals surface area contributed by atoms with Gasteiger partial charge in [0.25, 0.3) is 0 Å². The van der Waals surface area contributed by atoms with Crippen LogP contribution in [-0.2, 0) is 11.0 Å². The molecule has 1 aromatic carbocycles. The summed E-state index contributed by atoms with van der Waals surface area (Å²) in [6, 6.07) is 4.59. The van der Waals surface area contributed by atoms with Crippen molar-refractivity contribution in [1.29, 1.82) is 0 Å². The van der Waals surface area contributed by atoms with Crippen molar-refractivity contribution in [1.82, 2.24) is 5.32 Å². The van der Waals surface area contributed by atoms with Crippen LogP contribution in [0.3, 0.4) is 0 Å². The van der Waals surface area contributed by atoms with Crippen LogP contribution in [-0.4, -0.2) is 5.91 Å². The standard InChI is InChI=1S/C16H18F3NO/c1-11(20-15(21)10-12-4-2-3-5-12)13-6-8-14(9-7-13)16(17,18)19/h2,4,6-9,11-12H,3,5,10H2,1H3,(H,20,21)/t11-,12-/m0/s1. The zero-order valence-electron chi connectivity index (χ0n) is 11.8. The van der Waals surface area contributed by atoms with Crippen molar-refractivity contribution in [3.63, 3.8) is 0 Å². The molecule has 0 aromatic heterocycles. The number of carbonyl (C=O) groups excluding carboxylic acids is 1. The highest BCUT2D eigenvalue weighted by Crippen LogP contribution is 2.30. The minimum absolute atomic E-state index is 0.0704. The van der Waals surface area contributed by atoms with E-state index in [-0.39, 0.29) is 17.9 Å². The molecule has 5 heteroatoms. The third-order valence-electron chi connectivity index (χ3n) is 3.68. The highest BCUT2D eigenvalue weighted by Gasteiger charge is 2.30. The first-order chi connectivity index (χ1) is 9.86. The van der Waals surface area contributed by atoms with Gasteiger partial charge in [0, 0.05) is 6.42 Å². The second kappa shape index (κ2) is 6.33. The number of rotatable bonds is 4. The van der Waals surface area contributed by atoms with Gasteiger partial charge in [-0.05, 0) is 43.4 Å². The lowest BCUT2D eigenvalue weighted by Crippen LogP contribution is -2.27. The Hall–Kier alpha value is -1.78. The van der Waals surface area contributed by atoms with E-state index < -0.39 is 11.7 Å².